The highest BCUT2D eigenvalue weighted by molar-refractivity contribution is 14.0. The Hall–Kier alpha value is -6.65. The highest BCUT2D eigenvalue weighted by Crippen LogP contribution is 2.51. The third-order valence-electron chi connectivity index (χ3n) is 14.9. The molecule has 0 bridgehead atoms. The van der Waals surface area contributed by atoms with E-state index in [1.54, 1.807) is 12.1 Å². The summed E-state index contributed by atoms with van der Waals surface area (Å²) in [6, 6.07) is 46.1. The predicted molar refractivity (Wildman–Crippen MR) is 332 cm³/mol. The second-order valence-corrected chi connectivity index (χ2v) is 25.9. The first-order valence-electron chi connectivity index (χ1n) is 27.0. The second kappa shape index (κ2) is 27.4. The second-order valence-electron chi connectivity index (χ2n) is 20.5. The lowest BCUT2D eigenvalue weighted by molar-refractivity contribution is -0.164. The quantitative estimate of drug-likeness (QED) is 0.0183. The fourth-order valence-corrected chi connectivity index (χ4v) is 15.7. The maximum absolute atomic E-state index is 12.9. The molecule has 0 amide bonds. The number of rotatable bonds is 16. The average molecular weight is 1300 g/mol. The molecular formula is C64H66F2IO13S3+. The van der Waals surface area contributed by atoms with Crippen LogP contribution in [0.4, 0.5) is 8.78 Å². The van der Waals surface area contributed by atoms with Gasteiger partial charge in [-0.2, -0.15) is 35.4 Å². The topological polar surface area (TPSA) is 186 Å². The van der Waals surface area contributed by atoms with Crippen LogP contribution in [-0.4, -0.2) is 79.1 Å². The molecule has 2 aromatic heterocycles. The number of carbonyl (C=O) groups is 5. The minimum absolute atomic E-state index is 0. The SMILES string of the molecule is C=C(C)C(=O)OCC(F)(F)S(=O)(=O)O.CCC1(OC(=O)COC(=O)c2ccc(C)c(-[s+]3c4[c-]cccc4c4ccccc43)c2)CCCC1.CCC1(OC(=O)COC(=O)c2ccc(C)c(-[s+]3c4ccccc4c4ccccc43)c2)CCCC1.I. The first kappa shape index (κ1) is 63.9. The summed E-state index contributed by atoms with van der Waals surface area (Å²) in [6.07, 6.45) is 9.39. The van der Waals surface area contributed by atoms with Crippen LogP contribution in [0, 0.1) is 19.9 Å². The van der Waals surface area contributed by atoms with E-state index in [9.17, 15) is 41.2 Å². The van der Waals surface area contributed by atoms with E-state index >= 15 is 0 Å². The van der Waals surface area contributed by atoms with E-state index < -0.39 is 51.8 Å². The van der Waals surface area contributed by atoms with E-state index in [2.05, 4.69) is 110 Å². The molecule has 0 radical (unpaired) electrons. The van der Waals surface area contributed by atoms with Crippen molar-refractivity contribution < 1.29 is 69.4 Å². The van der Waals surface area contributed by atoms with Crippen LogP contribution in [0.25, 0.3) is 50.1 Å². The fourth-order valence-electron chi connectivity index (χ4n) is 10.4. The van der Waals surface area contributed by atoms with Crippen LogP contribution in [-0.2, 0) is 48.2 Å². The first-order valence-corrected chi connectivity index (χ1v) is 30.9. The normalized spacial score (nSPS) is 14.6. The lowest BCUT2D eigenvalue weighted by atomic mass is 9.99. The number of hydrogen-bond acceptors (Lipinski definition) is 12. The molecule has 2 aliphatic rings. The first-order chi connectivity index (χ1) is 39.1. The summed E-state index contributed by atoms with van der Waals surface area (Å²) in [7, 11) is -6.22. The van der Waals surface area contributed by atoms with Gasteiger partial charge in [0.2, 0.25) is 0 Å². The van der Waals surface area contributed by atoms with E-state index in [4.69, 9.17) is 23.5 Å². The van der Waals surface area contributed by atoms with Gasteiger partial charge in [0.05, 0.1) is 15.8 Å². The molecular weight excluding hydrogens is 1240 g/mol. The summed E-state index contributed by atoms with van der Waals surface area (Å²) < 4.78 is 83.8. The Labute approximate surface area is 504 Å². The molecule has 1 atom stereocenters. The van der Waals surface area contributed by atoms with Crippen molar-refractivity contribution in [3.63, 3.8) is 0 Å². The molecule has 0 aliphatic heterocycles. The van der Waals surface area contributed by atoms with E-state index in [1.807, 2.05) is 50.2 Å². The summed E-state index contributed by atoms with van der Waals surface area (Å²) in [5, 5.41) is 0.387. The Kier molecular flexibility index (Phi) is 21.1. The molecule has 2 aliphatic carbocycles. The number of esters is 5. The highest BCUT2D eigenvalue weighted by Gasteiger charge is 2.46. The average Bonchev–Trinajstić information content (AvgIpc) is 4.44. The third-order valence-corrected chi connectivity index (χ3v) is 20.7. The van der Waals surface area contributed by atoms with Crippen LogP contribution in [0.5, 0.6) is 0 Å². The molecule has 10 rings (SSSR count). The standard InChI is InChI=1S/C29H29O4S.C29H28O4S.C6H8F2O5S.HI/c2*1-3-29(16-8-9-17-29)33-27(30)19-32-28(31)21-15-14-20(2)26(18-21)34-24-12-6-4-10-22(24)23-11-5-7-13-25(23)34;1-4(2)5(9)13-3-6(7,8)14(10,11)12;/h4-7,10-15,18H,3,8-9,16-17,19H2,1-2H3;4-7,10-12,14-15,18H,3,8-9,16-17,19H2,1-2H3;1,3H2,2H3,(H,10,11,12);1H/q+1;;;. The van der Waals surface area contributed by atoms with Gasteiger partial charge in [-0.1, -0.05) is 80.4 Å². The fraction of sp³-hybridized carbons (Fsp3) is 0.328. The summed E-state index contributed by atoms with van der Waals surface area (Å²) >= 11 is 0. The molecule has 6 aromatic carbocycles. The molecule has 2 fully saturated rings. The van der Waals surface area contributed by atoms with Gasteiger partial charge in [-0.25, -0.2) is 24.0 Å². The molecule has 438 valence electrons. The zero-order chi connectivity index (χ0) is 59.0. The minimum atomic E-state index is -5.56. The van der Waals surface area contributed by atoms with Gasteiger partial charge in [-0.3, -0.25) is 4.55 Å². The maximum Gasteiger partial charge on any atom is 0.402 e. The zero-order valence-electron chi connectivity index (χ0n) is 46.8. The number of hydrogen-bond donors (Lipinski definition) is 1. The monoisotopic (exact) mass is 1300 g/mol. The zero-order valence-corrected chi connectivity index (χ0v) is 51.5. The van der Waals surface area contributed by atoms with Crippen LogP contribution in [0.2, 0.25) is 0 Å². The summed E-state index contributed by atoms with van der Waals surface area (Å²) in [5.41, 5.74) is 2.19. The van der Waals surface area contributed by atoms with Crippen LogP contribution < -0.4 is 0 Å². The van der Waals surface area contributed by atoms with E-state index in [1.165, 1.54) is 42.6 Å². The molecule has 2 saturated carbocycles. The Balaban J connectivity index is 0.000000194. The van der Waals surface area contributed by atoms with E-state index in [-0.39, 0.29) is 74.9 Å². The summed E-state index contributed by atoms with van der Waals surface area (Å²) in [6.45, 7) is 10.0. The van der Waals surface area contributed by atoms with Gasteiger partial charge in [-0.05, 0) is 133 Å². The molecule has 19 heteroatoms. The van der Waals surface area contributed by atoms with E-state index in [0.717, 1.165) is 89.8 Å². The van der Waals surface area contributed by atoms with Gasteiger partial charge in [-0.15, -0.1) is 30.0 Å². The Morgan fingerprint density at radius 1 is 0.614 bits per heavy atom. The van der Waals surface area contributed by atoms with Gasteiger partial charge in [0.1, 0.15) is 11.2 Å². The van der Waals surface area contributed by atoms with Crippen LogP contribution in [0.3, 0.4) is 0 Å². The number of halogens is 3. The molecule has 2 heterocycles. The summed E-state index contributed by atoms with van der Waals surface area (Å²) in [5.74, 6) is -3.11. The van der Waals surface area contributed by atoms with Crippen molar-refractivity contribution in [3.05, 3.63) is 168 Å². The number of thiophene rings is 2. The molecule has 1 N–H and O–H groups in total. The van der Waals surface area contributed by atoms with Crippen molar-refractivity contribution in [2.24, 2.45) is 0 Å². The molecule has 1 unspecified atom stereocenters. The number of carbonyl (C=O) groups excluding carboxylic acids is 5. The van der Waals surface area contributed by atoms with Crippen LogP contribution >= 0.6 is 44.9 Å². The molecule has 83 heavy (non-hydrogen) atoms. The lowest BCUT2D eigenvalue weighted by Gasteiger charge is -2.27. The number of benzene rings is 6. The number of fused-ring (bicyclic) bond motifs is 6. The maximum atomic E-state index is 12.9. The number of alkyl halides is 2. The molecule has 0 saturated heterocycles. The van der Waals surface area contributed by atoms with Gasteiger partial charge < -0.3 is 23.7 Å². The lowest BCUT2D eigenvalue weighted by Crippen LogP contribution is -2.34. The summed E-state index contributed by atoms with van der Waals surface area (Å²) in [4.78, 5) is 63.3. The van der Waals surface area contributed by atoms with Crippen LogP contribution in [0.15, 0.2) is 140 Å². The van der Waals surface area contributed by atoms with Crippen molar-refractivity contribution in [3.8, 4) is 9.79 Å². The smallest absolute Gasteiger partial charge is 0.402 e. The van der Waals surface area contributed by atoms with Gasteiger partial charge in [0.25, 0.3) is 0 Å². The van der Waals surface area contributed by atoms with Crippen LogP contribution in [0.1, 0.15) is 117 Å². The minimum Gasteiger partial charge on any atom is -0.457 e. The Morgan fingerprint density at radius 3 is 1.43 bits per heavy atom. The highest BCUT2D eigenvalue weighted by atomic mass is 127. The Bertz CT molecular complexity index is 3520. The van der Waals surface area contributed by atoms with Crippen molar-refractivity contribution in [2.45, 2.75) is 115 Å². The molecule has 8 aromatic rings. The van der Waals surface area contributed by atoms with Gasteiger partial charge in [0, 0.05) is 60.5 Å². The molecule has 13 nitrogen and oxygen atoms in total. The van der Waals surface area contributed by atoms with Crippen molar-refractivity contribution >= 4 is 125 Å². The number of aryl methyl sites for hydroxylation is 2. The van der Waals surface area contributed by atoms with E-state index in [0.29, 0.717) is 11.1 Å². The predicted octanol–water partition coefficient (Wildman–Crippen LogP) is 15.9. The largest absolute Gasteiger partial charge is 0.457 e. The third kappa shape index (κ3) is 14.7. The van der Waals surface area contributed by atoms with Crippen molar-refractivity contribution in [2.75, 3.05) is 19.8 Å². The van der Waals surface area contributed by atoms with Gasteiger partial charge in [0.15, 0.2) is 43.7 Å². The van der Waals surface area contributed by atoms with Gasteiger partial charge >= 0.3 is 45.2 Å². The van der Waals surface area contributed by atoms with Crippen molar-refractivity contribution in [1.29, 1.82) is 0 Å². The molecule has 0 spiro atoms. The van der Waals surface area contributed by atoms with Crippen molar-refractivity contribution in [1.82, 2.24) is 0 Å². The Morgan fingerprint density at radius 2 is 1.01 bits per heavy atom. The number of ether oxygens (including phenoxy) is 5.